The predicted octanol–water partition coefficient (Wildman–Crippen LogP) is 3.61. The molecule has 0 saturated heterocycles. The van der Waals surface area contributed by atoms with Gasteiger partial charge < -0.3 is 15.7 Å². The second-order valence-corrected chi connectivity index (χ2v) is 6.38. The number of hydrogen-bond donors (Lipinski definition) is 3. The van der Waals surface area contributed by atoms with Crippen molar-refractivity contribution in [2.24, 2.45) is 5.41 Å². The maximum absolute atomic E-state index is 11.9. The lowest BCUT2D eigenvalue weighted by molar-refractivity contribution is -0.150. The molecule has 0 radical (unpaired) electrons. The molecule has 1 aliphatic carbocycles. The van der Waals surface area contributed by atoms with Gasteiger partial charge in [0.2, 0.25) is 0 Å². The highest BCUT2D eigenvalue weighted by Gasteiger charge is 2.39. The quantitative estimate of drug-likeness (QED) is 0.772. The molecule has 0 atom stereocenters. The maximum Gasteiger partial charge on any atom is 0.319 e. The predicted molar refractivity (Wildman–Crippen MR) is 84.3 cm³/mol. The molecule has 0 aliphatic heterocycles. The van der Waals surface area contributed by atoms with Gasteiger partial charge in [0.05, 0.1) is 5.41 Å². The third-order valence-corrected chi connectivity index (χ3v) is 4.43. The average molecular weight is 355 g/mol. The van der Waals surface area contributed by atoms with Gasteiger partial charge in [0.15, 0.2) is 0 Å². The number of carbonyl (C=O) groups excluding carboxylic acids is 1. The number of carboxylic acid groups (broad SMARTS) is 1. The van der Waals surface area contributed by atoms with Crippen LogP contribution in [0.1, 0.15) is 32.1 Å². The van der Waals surface area contributed by atoms with Crippen LogP contribution in [0.5, 0.6) is 0 Å². The first-order chi connectivity index (χ1) is 10.0. The number of amides is 2. The van der Waals surface area contributed by atoms with E-state index in [0.29, 0.717) is 18.5 Å². The first kappa shape index (κ1) is 15.8. The Morgan fingerprint density at radius 3 is 2.57 bits per heavy atom. The van der Waals surface area contributed by atoms with Gasteiger partial charge in [0, 0.05) is 16.7 Å². The normalized spacial score (nSPS) is 17.0. The van der Waals surface area contributed by atoms with Gasteiger partial charge in [-0.3, -0.25) is 4.79 Å². The van der Waals surface area contributed by atoms with Crippen molar-refractivity contribution >= 4 is 33.6 Å². The highest BCUT2D eigenvalue weighted by atomic mass is 79.9. The van der Waals surface area contributed by atoms with Crippen molar-refractivity contribution < 1.29 is 14.7 Å². The zero-order valence-corrected chi connectivity index (χ0v) is 13.3. The summed E-state index contributed by atoms with van der Waals surface area (Å²) < 4.78 is 0.870. The molecule has 5 nitrogen and oxygen atoms in total. The van der Waals surface area contributed by atoms with Crippen LogP contribution < -0.4 is 10.6 Å². The Kier molecular flexibility index (Phi) is 5.22. The van der Waals surface area contributed by atoms with Crippen LogP contribution in [0.25, 0.3) is 0 Å². The molecule has 1 aliphatic rings. The SMILES string of the molecule is O=C(NCC1(C(=O)O)CCCCC1)Nc1cccc(Br)c1. The van der Waals surface area contributed by atoms with E-state index in [9.17, 15) is 14.7 Å². The van der Waals surface area contributed by atoms with Crippen molar-refractivity contribution in [3.05, 3.63) is 28.7 Å². The van der Waals surface area contributed by atoms with Crippen molar-refractivity contribution in [3.8, 4) is 0 Å². The van der Waals surface area contributed by atoms with Crippen molar-refractivity contribution in [3.63, 3.8) is 0 Å². The molecule has 0 bridgehead atoms. The van der Waals surface area contributed by atoms with Crippen LogP contribution in [-0.2, 0) is 4.79 Å². The summed E-state index contributed by atoms with van der Waals surface area (Å²) in [6.45, 7) is 0.169. The summed E-state index contributed by atoms with van der Waals surface area (Å²) in [5.41, 5.74) is -0.151. The van der Waals surface area contributed by atoms with Crippen molar-refractivity contribution in [1.29, 1.82) is 0 Å². The van der Waals surface area contributed by atoms with E-state index < -0.39 is 11.4 Å². The topological polar surface area (TPSA) is 78.4 Å². The van der Waals surface area contributed by atoms with Gasteiger partial charge in [-0.05, 0) is 31.0 Å². The van der Waals surface area contributed by atoms with E-state index in [2.05, 4.69) is 26.6 Å². The van der Waals surface area contributed by atoms with Crippen molar-refractivity contribution in [1.82, 2.24) is 5.32 Å². The highest BCUT2D eigenvalue weighted by molar-refractivity contribution is 9.10. The monoisotopic (exact) mass is 354 g/mol. The first-order valence-electron chi connectivity index (χ1n) is 7.06. The highest BCUT2D eigenvalue weighted by Crippen LogP contribution is 2.36. The minimum absolute atomic E-state index is 0.169. The van der Waals surface area contributed by atoms with Gasteiger partial charge >= 0.3 is 12.0 Å². The van der Waals surface area contributed by atoms with Crippen LogP contribution in [0.3, 0.4) is 0 Å². The molecule has 3 N–H and O–H groups in total. The van der Waals surface area contributed by atoms with Crippen LogP contribution in [0, 0.1) is 5.41 Å². The Labute approximate surface area is 132 Å². The van der Waals surface area contributed by atoms with E-state index in [1.165, 1.54) is 0 Å². The molecule has 6 heteroatoms. The summed E-state index contributed by atoms with van der Waals surface area (Å²) in [5, 5.41) is 14.9. The standard InChI is InChI=1S/C15H19BrN2O3/c16-11-5-4-6-12(9-11)18-14(21)17-10-15(13(19)20)7-2-1-3-8-15/h4-6,9H,1-3,7-8,10H2,(H,19,20)(H2,17,18,21). The lowest BCUT2D eigenvalue weighted by Crippen LogP contribution is -2.45. The van der Waals surface area contributed by atoms with Gasteiger partial charge in [-0.25, -0.2) is 4.79 Å². The fourth-order valence-electron chi connectivity index (χ4n) is 2.69. The lowest BCUT2D eigenvalue weighted by Gasteiger charge is -2.33. The molecule has 0 unspecified atom stereocenters. The number of anilines is 1. The Morgan fingerprint density at radius 2 is 1.95 bits per heavy atom. The number of aliphatic carboxylic acids is 1. The molecule has 1 saturated carbocycles. The Hall–Kier alpha value is -1.56. The number of nitrogens with one attached hydrogen (secondary N) is 2. The Balaban J connectivity index is 1.91. The lowest BCUT2D eigenvalue weighted by atomic mass is 9.74. The average Bonchev–Trinajstić information content (AvgIpc) is 2.46. The fourth-order valence-corrected chi connectivity index (χ4v) is 3.09. The molecule has 1 aromatic carbocycles. The van der Waals surface area contributed by atoms with E-state index in [4.69, 9.17) is 0 Å². The van der Waals surface area contributed by atoms with Crippen molar-refractivity contribution in [2.45, 2.75) is 32.1 Å². The number of rotatable bonds is 4. The summed E-state index contributed by atoms with van der Waals surface area (Å²) in [4.78, 5) is 23.4. The van der Waals surface area contributed by atoms with E-state index in [1.54, 1.807) is 12.1 Å². The molecule has 114 valence electrons. The molecular weight excluding hydrogens is 336 g/mol. The zero-order valence-electron chi connectivity index (χ0n) is 11.7. The van der Waals surface area contributed by atoms with Gasteiger partial charge in [-0.15, -0.1) is 0 Å². The minimum atomic E-state index is -0.815. The minimum Gasteiger partial charge on any atom is -0.481 e. The number of carbonyl (C=O) groups is 2. The third kappa shape index (κ3) is 4.20. The number of benzene rings is 1. The number of urea groups is 1. The van der Waals surface area contributed by atoms with Gasteiger partial charge in [-0.1, -0.05) is 41.3 Å². The molecule has 2 rings (SSSR count). The zero-order chi connectivity index (χ0) is 15.3. The molecule has 0 heterocycles. The number of carboxylic acids is 1. The molecule has 0 aromatic heterocycles. The van der Waals surface area contributed by atoms with E-state index in [-0.39, 0.29) is 12.6 Å². The van der Waals surface area contributed by atoms with Crippen LogP contribution in [0.15, 0.2) is 28.7 Å². The molecule has 21 heavy (non-hydrogen) atoms. The number of hydrogen-bond acceptors (Lipinski definition) is 2. The number of halogens is 1. The summed E-state index contributed by atoms with van der Waals surface area (Å²) >= 11 is 3.33. The largest absolute Gasteiger partial charge is 0.481 e. The molecule has 1 aromatic rings. The van der Waals surface area contributed by atoms with E-state index in [1.807, 2.05) is 12.1 Å². The van der Waals surface area contributed by atoms with Gasteiger partial charge in [0.1, 0.15) is 0 Å². The summed E-state index contributed by atoms with van der Waals surface area (Å²) in [5.74, 6) is -0.815. The molecular formula is C15H19BrN2O3. The van der Waals surface area contributed by atoms with Gasteiger partial charge in [0.25, 0.3) is 0 Å². The third-order valence-electron chi connectivity index (χ3n) is 3.93. The molecule has 2 amide bonds. The fraction of sp³-hybridized carbons (Fsp3) is 0.467. The Morgan fingerprint density at radius 1 is 1.24 bits per heavy atom. The van der Waals surface area contributed by atoms with E-state index in [0.717, 1.165) is 23.7 Å². The van der Waals surface area contributed by atoms with Crippen LogP contribution in [0.2, 0.25) is 0 Å². The maximum atomic E-state index is 11.9. The van der Waals surface area contributed by atoms with Crippen LogP contribution in [0.4, 0.5) is 10.5 Å². The van der Waals surface area contributed by atoms with Crippen molar-refractivity contribution in [2.75, 3.05) is 11.9 Å². The van der Waals surface area contributed by atoms with Crippen LogP contribution in [-0.4, -0.2) is 23.7 Å². The molecule has 1 fully saturated rings. The second kappa shape index (κ2) is 6.93. The van der Waals surface area contributed by atoms with E-state index >= 15 is 0 Å². The second-order valence-electron chi connectivity index (χ2n) is 5.46. The smallest absolute Gasteiger partial charge is 0.319 e. The first-order valence-corrected chi connectivity index (χ1v) is 7.85. The molecule has 0 spiro atoms. The van der Waals surface area contributed by atoms with Gasteiger partial charge in [-0.2, -0.15) is 0 Å². The van der Waals surface area contributed by atoms with Crippen LogP contribution >= 0.6 is 15.9 Å². The summed E-state index contributed by atoms with van der Waals surface area (Å²) in [7, 11) is 0. The summed E-state index contributed by atoms with van der Waals surface area (Å²) in [6.07, 6.45) is 4.13. The Bertz CT molecular complexity index is 527. The summed E-state index contributed by atoms with van der Waals surface area (Å²) in [6, 6.07) is 6.87.